The van der Waals surface area contributed by atoms with Gasteiger partial charge < -0.3 is 15.2 Å². The van der Waals surface area contributed by atoms with Crippen molar-refractivity contribution in [2.75, 3.05) is 23.8 Å². The Hall–Kier alpha value is -2.17. The minimum atomic E-state index is -4.75. The number of alkyl halides is 4. The SMILES string of the molecule is OCCN(N=C(CBr)c1ccccc1)C(=S)Nc1ccc(OC(F)(F)F)cc1. The molecule has 0 fully saturated rings. The van der Waals surface area contributed by atoms with Crippen LogP contribution in [-0.4, -0.2) is 45.8 Å². The van der Waals surface area contributed by atoms with Gasteiger partial charge in [0.15, 0.2) is 5.11 Å². The highest BCUT2D eigenvalue weighted by Crippen LogP contribution is 2.24. The van der Waals surface area contributed by atoms with Crippen LogP contribution in [-0.2, 0) is 0 Å². The normalized spacial score (nSPS) is 11.8. The van der Waals surface area contributed by atoms with Crippen molar-refractivity contribution < 1.29 is 23.0 Å². The van der Waals surface area contributed by atoms with Gasteiger partial charge >= 0.3 is 6.36 Å². The maximum atomic E-state index is 12.2. The predicted molar refractivity (Wildman–Crippen MR) is 110 cm³/mol. The van der Waals surface area contributed by atoms with Crippen molar-refractivity contribution >= 4 is 44.7 Å². The van der Waals surface area contributed by atoms with Gasteiger partial charge in [-0.3, -0.25) is 0 Å². The minimum absolute atomic E-state index is 0.143. The molecule has 0 bridgehead atoms. The van der Waals surface area contributed by atoms with Gasteiger partial charge in [0.2, 0.25) is 0 Å². The van der Waals surface area contributed by atoms with Crippen molar-refractivity contribution in [3.05, 3.63) is 60.2 Å². The predicted octanol–water partition coefficient (Wildman–Crippen LogP) is 4.38. The Bertz CT molecular complexity index is 802. The number of hydrogen-bond donors (Lipinski definition) is 2. The zero-order valence-electron chi connectivity index (χ0n) is 14.5. The van der Waals surface area contributed by atoms with Crippen LogP contribution in [0.25, 0.3) is 0 Å². The second kappa shape index (κ2) is 10.4. The highest BCUT2D eigenvalue weighted by atomic mass is 79.9. The van der Waals surface area contributed by atoms with Crippen LogP contribution in [0.4, 0.5) is 18.9 Å². The summed E-state index contributed by atoms with van der Waals surface area (Å²) in [5.74, 6) is -0.333. The highest BCUT2D eigenvalue weighted by molar-refractivity contribution is 9.09. The first-order chi connectivity index (χ1) is 13.3. The van der Waals surface area contributed by atoms with E-state index in [1.807, 2.05) is 30.3 Å². The first-order valence-electron chi connectivity index (χ1n) is 8.06. The summed E-state index contributed by atoms with van der Waals surface area (Å²) >= 11 is 8.72. The molecule has 2 aromatic rings. The van der Waals surface area contributed by atoms with Crippen LogP contribution in [0.5, 0.6) is 5.75 Å². The van der Waals surface area contributed by atoms with Gasteiger partial charge in [0.1, 0.15) is 5.75 Å². The van der Waals surface area contributed by atoms with Crippen LogP contribution in [0.15, 0.2) is 59.7 Å². The largest absolute Gasteiger partial charge is 0.573 e. The van der Waals surface area contributed by atoms with E-state index in [0.717, 1.165) is 5.56 Å². The first kappa shape index (κ1) is 22.1. The van der Waals surface area contributed by atoms with Crippen LogP contribution in [0, 0.1) is 0 Å². The molecule has 2 aromatic carbocycles. The van der Waals surface area contributed by atoms with E-state index >= 15 is 0 Å². The molecule has 0 aliphatic carbocycles. The van der Waals surface area contributed by atoms with Gasteiger partial charge in [0.25, 0.3) is 0 Å². The fourth-order valence-corrected chi connectivity index (χ4v) is 2.84. The van der Waals surface area contributed by atoms with Crippen molar-refractivity contribution in [2.45, 2.75) is 6.36 Å². The van der Waals surface area contributed by atoms with Gasteiger partial charge in [-0.25, -0.2) is 5.01 Å². The lowest BCUT2D eigenvalue weighted by Crippen LogP contribution is -2.34. The molecule has 0 aliphatic heterocycles. The Labute approximate surface area is 173 Å². The fraction of sp³-hybridized carbons (Fsp3) is 0.222. The van der Waals surface area contributed by atoms with E-state index in [0.29, 0.717) is 16.7 Å². The first-order valence-corrected chi connectivity index (χ1v) is 9.59. The number of nitrogens with zero attached hydrogens (tertiary/aromatic N) is 2. The number of hydrogen-bond acceptors (Lipinski definition) is 4. The third-order valence-corrected chi connectivity index (χ3v) is 4.20. The molecular weight excluding hydrogens is 459 g/mol. The zero-order chi connectivity index (χ0) is 20.6. The molecule has 0 saturated carbocycles. The molecule has 0 radical (unpaired) electrons. The summed E-state index contributed by atoms with van der Waals surface area (Å²) in [5.41, 5.74) is 2.05. The molecule has 0 saturated heterocycles. The Kier molecular flexibility index (Phi) is 8.21. The number of benzene rings is 2. The smallest absolute Gasteiger partial charge is 0.406 e. The number of aliphatic hydroxyl groups excluding tert-OH is 1. The van der Waals surface area contributed by atoms with Crippen molar-refractivity contribution in [3.8, 4) is 5.75 Å². The van der Waals surface area contributed by atoms with E-state index < -0.39 is 6.36 Å². The molecule has 0 unspecified atom stereocenters. The molecule has 150 valence electrons. The van der Waals surface area contributed by atoms with Crippen molar-refractivity contribution in [3.63, 3.8) is 0 Å². The number of thiocarbonyl (C=S) groups is 1. The molecule has 0 heterocycles. The third kappa shape index (κ3) is 7.10. The molecule has 0 amide bonds. The Morgan fingerprint density at radius 1 is 1.14 bits per heavy atom. The summed E-state index contributed by atoms with van der Waals surface area (Å²) in [5, 5.41) is 18.8. The number of ether oxygens (including phenoxy) is 1. The molecule has 2 N–H and O–H groups in total. The molecule has 0 aliphatic rings. The van der Waals surface area contributed by atoms with Gasteiger partial charge in [0, 0.05) is 11.0 Å². The molecule has 0 atom stereocenters. The summed E-state index contributed by atoms with van der Waals surface area (Å²) in [6.45, 7) is -0.0432. The third-order valence-electron chi connectivity index (χ3n) is 3.36. The van der Waals surface area contributed by atoms with E-state index in [1.165, 1.54) is 29.3 Å². The molecule has 2 rings (SSSR count). The fourth-order valence-electron chi connectivity index (χ4n) is 2.16. The summed E-state index contributed by atoms with van der Waals surface area (Å²) in [6, 6.07) is 14.6. The number of anilines is 1. The van der Waals surface area contributed by atoms with E-state index in [9.17, 15) is 18.3 Å². The lowest BCUT2D eigenvalue weighted by molar-refractivity contribution is -0.274. The van der Waals surface area contributed by atoms with Crippen molar-refractivity contribution in [2.24, 2.45) is 5.10 Å². The van der Waals surface area contributed by atoms with Crippen molar-refractivity contribution in [1.29, 1.82) is 0 Å². The second-order valence-electron chi connectivity index (χ2n) is 5.40. The maximum Gasteiger partial charge on any atom is 0.573 e. The van der Waals surface area contributed by atoms with Crippen LogP contribution in [0.3, 0.4) is 0 Å². The highest BCUT2D eigenvalue weighted by Gasteiger charge is 2.30. The lowest BCUT2D eigenvalue weighted by atomic mass is 10.1. The van der Waals surface area contributed by atoms with Gasteiger partial charge in [-0.15, -0.1) is 13.2 Å². The number of rotatable bonds is 7. The Balaban J connectivity index is 2.13. The van der Waals surface area contributed by atoms with Crippen LogP contribution in [0.1, 0.15) is 5.56 Å². The molecule has 0 aromatic heterocycles. The summed E-state index contributed by atoms with van der Waals surface area (Å²) in [4.78, 5) is 0. The standard InChI is InChI=1S/C18H17BrF3N3O2S/c19-12-16(13-4-2-1-3-5-13)24-25(10-11-26)17(28)23-14-6-8-15(9-7-14)27-18(20,21)22/h1-9,26H,10-12H2,(H,23,28). The van der Waals surface area contributed by atoms with E-state index in [2.05, 4.69) is 31.1 Å². The minimum Gasteiger partial charge on any atom is -0.406 e. The monoisotopic (exact) mass is 475 g/mol. The second-order valence-corrected chi connectivity index (χ2v) is 6.34. The number of halogens is 4. The quantitative estimate of drug-likeness (QED) is 0.269. The number of nitrogens with one attached hydrogen (secondary N) is 1. The average molecular weight is 476 g/mol. The molecule has 5 nitrogen and oxygen atoms in total. The summed E-state index contributed by atoms with van der Waals surface area (Å²) in [7, 11) is 0. The summed E-state index contributed by atoms with van der Waals surface area (Å²) in [6.07, 6.45) is -4.75. The van der Waals surface area contributed by atoms with E-state index in [4.69, 9.17) is 12.2 Å². The molecule has 28 heavy (non-hydrogen) atoms. The average Bonchev–Trinajstić information content (AvgIpc) is 2.66. The Morgan fingerprint density at radius 2 is 1.79 bits per heavy atom. The maximum absolute atomic E-state index is 12.2. The molecule has 10 heteroatoms. The lowest BCUT2D eigenvalue weighted by Gasteiger charge is -2.21. The van der Waals surface area contributed by atoms with Crippen LogP contribution in [0.2, 0.25) is 0 Å². The summed E-state index contributed by atoms with van der Waals surface area (Å²) < 4.78 is 40.5. The van der Waals surface area contributed by atoms with Gasteiger partial charge in [-0.05, 0) is 42.0 Å². The van der Waals surface area contributed by atoms with E-state index in [1.54, 1.807) is 0 Å². The zero-order valence-corrected chi connectivity index (χ0v) is 16.9. The van der Waals surface area contributed by atoms with Crippen LogP contribution >= 0.6 is 28.1 Å². The van der Waals surface area contributed by atoms with Gasteiger partial charge in [0.05, 0.1) is 18.9 Å². The van der Waals surface area contributed by atoms with Crippen molar-refractivity contribution in [1.82, 2.24) is 5.01 Å². The van der Waals surface area contributed by atoms with E-state index in [-0.39, 0.29) is 24.0 Å². The van der Waals surface area contributed by atoms with Crippen LogP contribution < -0.4 is 10.1 Å². The van der Waals surface area contributed by atoms with Gasteiger partial charge in [-0.2, -0.15) is 5.10 Å². The number of aliphatic hydroxyl groups is 1. The Morgan fingerprint density at radius 3 is 2.32 bits per heavy atom. The topological polar surface area (TPSA) is 57.1 Å². The number of hydrazone groups is 1. The molecule has 0 spiro atoms. The molecular formula is C18H17BrF3N3O2S. The van der Waals surface area contributed by atoms with Gasteiger partial charge in [-0.1, -0.05) is 46.3 Å².